The Hall–Kier alpha value is -1.47. The Bertz CT molecular complexity index is 531. The van der Waals surface area contributed by atoms with E-state index < -0.39 is 0 Å². The van der Waals surface area contributed by atoms with Gasteiger partial charge in [-0.15, -0.1) is 11.6 Å². The molecule has 0 heterocycles. The summed E-state index contributed by atoms with van der Waals surface area (Å²) in [5.41, 5.74) is 3.46. The van der Waals surface area contributed by atoms with Gasteiger partial charge in [-0.25, -0.2) is 0 Å². The lowest BCUT2D eigenvalue weighted by molar-refractivity contribution is 0.242. The van der Waals surface area contributed by atoms with Gasteiger partial charge in [0, 0.05) is 0 Å². The fourth-order valence-corrected chi connectivity index (χ4v) is 2.43. The summed E-state index contributed by atoms with van der Waals surface area (Å²) >= 11 is 6.55. The average molecular weight is 275 g/mol. The minimum atomic E-state index is -0.116. The molecule has 0 aromatic heterocycles. The molecule has 0 aliphatic rings. The maximum Gasteiger partial charge on any atom is 0.119 e. The van der Waals surface area contributed by atoms with Gasteiger partial charge >= 0.3 is 0 Å². The molecule has 0 fully saturated rings. The van der Waals surface area contributed by atoms with Gasteiger partial charge in [0.25, 0.3) is 0 Å². The van der Waals surface area contributed by atoms with Gasteiger partial charge in [0.1, 0.15) is 5.75 Å². The van der Waals surface area contributed by atoms with Gasteiger partial charge in [0.15, 0.2) is 0 Å². The Morgan fingerprint density at radius 2 is 1.58 bits per heavy atom. The summed E-state index contributed by atoms with van der Waals surface area (Å²) in [5.74, 6) is 0.882. The molecule has 1 unspecified atom stereocenters. The topological polar surface area (TPSA) is 9.23 Å². The van der Waals surface area contributed by atoms with Crippen LogP contribution in [-0.4, -0.2) is 6.10 Å². The zero-order chi connectivity index (χ0) is 13.8. The van der Waals surface area contributed by atoms with Gasteiger partial charge in [-0.2, -0.15) is 0 Å². The van der Waals surface area contributed by atoms with E-state index in [1.165, 1.54) is 5.56 Å². The molecular weight excluding hydrogens is 256 g/mol. The predicted octanol–water partition coefficient (Wildman–Crippen LogP) is 5.11. The van der Waals surface area contributed by atoms with E-state index in [1.54, 1.807) is 0 Å². The highest BCUT2D eigenvalue weighted by Gasteiger charge is 2.12. The van der Waals surface area contributed by atoms with E-state index in [4.69, 9.17) is 16.3 Å². The van der Waals surface area contributed by atoms with Crippen molar-refractivity contribution in [3.8, 4) is 5.75 Å². The molecule has 0 aliphatic carbocycles. The molecule has 2 rings (SSSR count). The Morgan fingerprint density at radius 1 is 0.947 bits per heavy atom. The van der Waals surface area contributed by atoms with Gasteiger partial charge in [-0.1, -0.05) is 36.4 Å². The highest BCUT2D eigenvalue weighted by molar-refractivity contribution is 6.22. The third-order valence-electron chi connectivity index (χ3n) is 3.01. The van der Waals surface area contributed by atoms with Crippen LogP contribution < -0.4 is 4.74 Å². The van der Waals surface area contributed by atoms with Crippen LogP contribution in [0.2, 0.25) is 0 Å². The largest absolute Gasteiger partial charge is 0.491 e. The molecule has 0 bridgehead atoms. The second kappa shape index (κ2) is 6.12. The molecular formula is C17H19ClO. The van der Waals surface area contributed by atoms with Gasteiger partial charge in [-0.3, -0.25) is 0 Å². The van der Waals surface area contributed by atoms with Crippen molar-refractivity contribution in [1.82, 2.24) is 0 Å². The van der Waals surface area contributed by atoms with Crippen LogP contribution in [0.3, 0.4) is 0 Å². The monoisotopic (exact) mass is 274 g/mol. The molecule has 0 N–H and O–H groups in total. The normalized spacial score (nSPS) is 12.5. The summed E-state index contributed by atoms with van der Waals surface area (Å²) in [4.78, 5) is 0. The molecule has 0 saturated heterocycles. The fraction of sp³-hybridized carbons (Fsp3) is 0.294. The SMILES string of the molecule is Cc1ccccc1C(Cl)c1ccc(OC(C)C)cc1. The summed E-state index contributed by atoms with van der Waals surface area (Å²) in [7, 11) is 0. The molecule has 2 aromatic rings. The fourth-order valence-electron chi connectivity index (χ4n) is 2.04. The number of aryl methyl sites for hydroxylation is 1. The van der Waals surface area contributed by atoms with Crippen molar-refractivity contribution < 1.29 is 4.74 Å². The lowest BCUT2D eigenvalue weighted by Crippen LogP contribution is -2.05. The summed E-state index contributed by atoms with van der Waals surface area (Å²) < 4.78 is 5.64. The molecule has 1 atom stereocenters. The first-order chi connectivity index (χ1) is 9.08. The van der Waals surface area contributed by atoms with Crippen molar-refractivity contribution in [2.75, 3.05) is 0 Å². The maximum absolute atomic E-state index is 6.55. The number of ether oxygens (including phenoxy) is 1. The summed E-state index contributed by atoms with van der Waals surface area (Å²) in [5, 5.41) is -0.116. The number of alkyl halides is 1. The molecule has 2 aromatic carbocycles. The van der Waals surface area contributed by atoms with Crippen molar-refractivity contribution >= 4 is 11.6 Å². The summed E-state index contributed by atoms with van der Waals surface area (Å²) in [6.07, 6.45) is 0.189. The van der Waals surface area contributed by atoms with E-state index in [0.29, 0.717) is 0 Å². The van der Waals surface area contributed by atoms with Crippen molar-refractivity contribution in [3.05, 3.63) is 65.2 Å². The molecule has 0 radical (unpaired) electrons. The van der Waals surface area contributed by atoms with Gasteiger partial charge < -0.3 is 4.74 Å². The van der Waals surface area contributed by atoms with Crippen LogP contribution in [0.25, 0.3) is 0 Å². The first kappa shape index (κ1) is 14.0. The van der Waals surface area contributed by atoms with Gasteiger partial charge in [0.2, 0.25) is 0 Å². The number of rotatable bonds is 4. The van der Waals surface area contributed by atoms with E-state index in [2.05, 4.69) is 19.1 Å². The number of hydrogen-bond acceptors (Lipinski definition) is 1. The van der Waals surface area contributed by atoms with E-state index in [9.17, 15) is 0 Å². The van der Waals surface area contributed by atoms with Gasteiger partial charge in [0.05, 0.1) is 11.5 Å². The lowest BCUT2D eigenvalue weighted by atomic mass is 10.00. The second-order valence-corrected chi connectivity index (χ2v) is 5.39. The molecule has 1 nitrogen and oxygen atoms in total. The first-order valence-electron chi connectivity index (χ1n) is 6.54. The van der Waals surface area contributed by atoms with Crippen molar-refractivity contribution in [3.63, 3.8) is 0 Å². The second-order valence-electron chi connectivity index (χ2n) is 4.95. The smallest absolute Gasteiger partial charge is 0.119 e. The molecule has 19 heavy (non-hydrogen) atoms. The Balaban J connectivity index is 2.20. The van der Waals surface area contributed by atoms with Gasteiger partial charge in [-0.05, 0) is 49.6 Å². The number of halogens is 1. The lowest BCUT2D eigenvalue weighted by Gasteiger charge is -2.14. The third kappa shape index (κ3) is 3.51. The van der Waals surface area contributed by atoms with Crippen LogP contribution >= 0.6 is 11.6 Å². The molecule has 0 saturated carbocycles. The molecule has 100 valence electrons. The number of benzene rings is 2. The minimum Gasteiger partial charge on any atom is -0.491 e. The Labute approximate surface area is 120 Å². The zero-order valence-corrected chi connectivity index (χ0v) is 12.3. The molecule has 0 aliphatic heterocycles. The van der Waals surface area contributed by atoms with Crippen LogP contribution in [0.4, 0.5) is 0 Å². The quantitative estimate of drug-likeness (QED) is 0.704. The third-order valence-corrected chi connectivity index (χ3v) is 3.49. The van der Waals surface area contributed by atoms with Crippen LogP contribution in [0, 0.1) is 6.92 Å². The standard InChI is InChI=1S/C17H19ClO/c1-12(2)19-15-10-8-14(9-11-15)17(18)16-7-5-4-6-13(16)3/h4-12,17H,1-3H3. The highest BCUT2D eigenvalue weighted by Crippen LogP contribution is 2.31. The average Bonchev–Trinajstić information content (AvgIpc) is 2.39. The number of hydrogen-bond donors (Lipinski definition) is 0. The summed E-state index contributed by atoms with van der Waals surface area (Å²) in [6.45, 7) is 6.12. The van der Waals surface area contributed by atoms with E-state index in [1.807, 2.05) is 50.2 Å². The Morgan fingerprint density at radius 3 is 2.16 bits per heavy atom. The Kier molecular flexibility index (Phi) is 4.49. The van der Waals surface area contributed by atoms with Crippen LogP contribution in [-0.2, 0) is 0 Å². The van der Waals surface area contributed by atoms with Crippen molar-refractivity contribution in [2.45, 2.75) is 32.3 Å². The molecule has 0 spiro atoms. The minimum absolute atomic E-state index is 0.116. The summed E-state index contributed by atoms with van der Waals surface area (Å²) in [6, 6.07) is 16.2. The van der Waals surface area contributed by atoms with Crippen molar-refractivity contribution in [1.29, 1.82) is 0 Å². The zero-order valence-electron chi connectivity index (χ0n) is 11.6. The highest BCUT2D eigenvalue weighted by atomic mass is 35.5. The van der Waals surface area contributed by atoms with E-state index in [0.717, 1.165) is 16.9 Å². The van der Waals surface area contributed by atoms with Crippen LogP contribution in [0.15, 0.2) is 48.5 Å². The maximum atomic E-state index is 6.55. The predicted molar refractivity (Wildman–Crippen MR) is 81.1 cm³/mol. The van der Waals surface area contributed by atoms with Crippen LogP contribution in [0.1, 0.15) is 35.9 Å². The van der Waals surface area contributed by atoms with Crippen molar-refractivity contribution in [2.24, 2.45) is 0 Å². The van der Waals surface area contributed by atoms with Crippen LogP contribution in [0.5, 0.6) is 5.75 Å². The van der Waals surface area contributed by atoms with E-state index in [-0.39, 0.29) is 11.5 Å². The first-order valence-corrected chi connectivity index (χ1v) is 6.98. The molecule has 0 amide bonds. The van der Waals surface area contributed by atoms with E-state index >= 15 is 0 Å². The molecule has 2 heteroatoms.